The lowest BCUT2D eigenvalue weighted by atomic mass is 10.1. The maximum Gasteiger partial charge on any atom is 0.233 e. The van der Waals surface area contributed by atoms with Gasteiger partial charge in [-0.15, -0.1) is 11.8 Å². The molecule has 4 nitrogen and oxygen atoms in total. The molecule has 1 aliphatic rings. The molecule has 2 rings (SSSR count). The van der Waals surface area contributed by atoms with E-state index in [1.807, 2.05) is 23.1 Å². The molecule has 1 fully saturated rings. The number of ether oxygens (including phenoxy) is 2. The Hall–Kier alpha value is -1.01. The van der Waals surface area contributed by atoms with Gasteiger partial charge in [0.15, 0.2) is 0 Å². The molecule has 20 heavy (non-hydrogen) atoms. The molecular formula is C14H19NO3S2. The monoisotopic (exact) mass is 313 g/mol. The Kier molecular flexibility index (Phi) is 5.48. The van der Waals surface area contributed by atoms with Crippen molar-refractivity contribution in [3.05, 3.63) is 23.8 Å². The first-order valence-corrected chi connectivity index (χ1v) is 8.77. The van der Waals surface area contributed by atoms with E-state index in [9.17, 15) is 4.79 Å². The van der Waals surface area contributed by atoms with E-state index in [1.54, 1.807) is 37.7 Å². The molecule has 0 radical (unpaired) electrons. The Morgan fingerprint density at radius 3 is 2.85 bits per heavy atom. The summed E-state index contributed by atoms with van der Waals surface area (Å²) in [5, 5.41) is 0.0375. The van der Waals surface area contributed by atoms with Crippen LogP contribution in [0, 0.1) is 0 Å². The minimum absolute atomic E-state index is 0.0375. The van der Waals surface area contributed by atoms with Crippen LogP contribution in [0.25, 0.3) is 0 Å². The maximum atomic E-state index is 12.0. The minimum Gasteiger partial charge on any atom is -0.497 e. The number of carbonyl (C=O) groups excluding carboxylic acids is 1. The predicted octanol–water partition coefficient (Wildman–Crippen LogP) is 2.64. The van der Waals surface area contributed by atoms with Gasteiger partial charge in [-0.2, -0.15) is 11.8 Å². The summed E-state index contributed by atoms with van der Waals surface area (Å²) < 4.78 is 10.7. The van der Waals surface area contributed by atoms with E-state index < -0.39 is 0 Å². The smallest absolute Gasteiger partial charge is 0.233 e. The molecule has 110 valence electrons. The van der Waals surface area contributed by atoms with E-state index >= 15 is 0 Å². The molecule has 1 aliphatic heterocycles. The van der Waals surface area contributed by atoms with Crippen LogP contribution in [0.5, 0.6) is 11.5 Å². The molecule has 0 bridgehead atoms. The van der Waals surface area contributed by atoms with Gasteiger partial charge in [0, 0.05) is 23.9 Å². The molecule has 0 saturated carbocycles. The second kappa shape index (κ2) is 7.13. The fourth-order valence-electron chi connectivity index (χ4n) is 2.17. The summed E-state index contributed by atoms with van der Waals surface area (Å²) in [5.74, 6) is 3.21. The Morgan fingerprint density at radius 1 is 1.40 bits per heavy atom. The molecule has 1 aromatic carbocycles. The van der Waals surface area contributed by atoms with Gasteiger partial charge in [0.2, 0.25) is 5.91 Å². The van der Waals surface area contributed by atoms with Crippen molar-refractivity contribution in [1.29, 1.82) is 0 Å². The van der Waals surface area contributed by atoms with Gasteiger partial charge in [0.1, 0.15) is 16.9 Å². The molecule has 0 aromatic heterocycles. The van der Waals surface area contributed by atoms with Crippen molar-refractivity contribution in [2.24, 2.45) is 0 Å². The van der Waals surface area contributed by atoms with E-state index in [-0.39, 0.29) is 11.3 Å². The third kappa shape index (κ3) is 3.17. The zero-order chi connectivity index (χ0) is 14.5. The summed E-state index contributed by atoms with van der Waals surface area (Å²) in [7, 11) is 3.28. The van der Waals surface area contributed by atoms with Gasteiger partial charge >= 0.3 is 0 Å². The number of hydrogen-bond acceptors (Lipinski definition) is 5. The van der Waals surface area contributed by atoms with E-state index in [1.165, 1.54) is 0 Å². The quantitative estimate of drug-likeness (QED) is 0.807. The largest absolute Gasteiger partial charge is 0.497 e. The van der Waals surface area contributed by atoms with Gasteiger partial charge in [-0.1, -0.05) is 0 Å². The average molecular weight is 313 g/mol. The van der Waals surface area contributed by atoms with Crippen molar-refractivity contribution in [3.63, 3.8) is 0 Å². The second-order valence-electron chi connectivity index (χ2n) is 4.35. The van der Waals surface area contributed by atoms with Crippen LogP contribution in [0.2, 0.25) is 0 Å². The summed E-state index contributed by atoms with van der Waals surface area (Å²) in [6.07, 6.45) is 2.05. The Labute approximate surface area is 128 Å². The van der Waals surface area contributed by atoms with Crippen LogP contribution in [0.1, 0.15) is 10.9 Å². The molecule has 1 amide bonds. The van der Waals surface area contributed by atoms with E-state index in [0.717, 1.165) is 29.4 Å². The Balaban J connectivity index is 2.27. The van der Waals surface area contributed by atoms with Gasteiger partial charge < -0.3 is 14.4 Å². The standard InChI is InChI=1S/C14H19NO3S2/c1-17-10-4-5-11(12(8-10)18-2)14-15(6-7-19-3)13(16)9-20-14/h4-5,8,14H,6-7,9H2,1-3H3. The Bertz CT molecular complexity index is 481. The highest BCUT2D eigenvalue weighted by molar-refractivity contribution is 8.00. The highest BCUT2D eigenvalue weighted by Crippen LogP contribution is 2.43. The lowest BCUT2D eigenvalue weighted by Gasteiger charge is -2.25. The van der Waals surface area contributed by atoms with Crippen LogP contribution < -0.4 is 9.47 Å². The normalized spacial score (nSPS) is 18.4. The van der Waals surface area contributed by atoms with Crippen LogP contribution in [-0.2, 0) is 4.79 Å². The summed E-state index contributed by atoms with van der Waals surface area (Å²) in [5.41, 5.74) is 1.03. The minimum atomic E-state index is 0.0375. The van der Waals surface area contributed by atoms with Gasteiger partial charge in [0.25, 0.3) is 0 Å². The van der Waals surface area contributed by atoms with Gasteiger partial charge in [-0.3, -0.25) is 4.79 Å². The highest BCUT2D eigenvalue weighted by atomic mass is 32.2. The summed E-state index contributed by atoms with van der Waals surface area (Å²) >= 11 is 3.40. The van der Waals surface area contributed by atoms with Gasteiger partial charge in [0.05, 0.1) is 20.0 Å². The summed E-state index contributed by atoms with van der Waals surface area (Å²) in [6.45, 7) is 0.771. The van der Waals surface area contributed by atoms with Gasteiger partial charge in [-0.25, -0.2) is 0 Å². The molecule has 1 aromatic rings. The number of thioether (sulfide) groups is 2. The first-order chi connectivity index (χ1) is 9.71. The Morgan fingerprint density at radius 2 is 2.20 bits per heavy atom. The molecule has 0 N–H and O–H groups in total. The fourth-order valence-corrected chi connectivity index (χ4v) is 3.79. The van der Waals surface area contributed by atoms with Crippen molar-refractivity contribution in [2.75, 3.05) is 38.5 Å². The molecule has 1 saturated heterocycles. The molecule has 0 spiro atoms. The van der Waals surface area contributed by atoms with Crippen LogP contribution in [0.4, 0.5) is 0 Å². The zero-order valence-electron chi connectivity index (χ0n) is 11.9. The number of carbonyl (C=O) groups is 1. The number of hydrogen-bond donors (Lipinski definition) is 0. The number of methoxy groups -OCH3 is 2. The van der Waals surface area contributed by atoms with Crippen molar-refractivity contribution in [2.45, 2.75) is 5.37 Å². The van der Waals surface area contributed by atoms with Crippen LogP contribution in [0.3, 0.4) is 0 Å². The topological polar surface area (TPSA) is 38.8 Å². The van der Waals surface area contributed by atoms with Crippen LogP contribution in [0.15, 0.2) is 18.2 Å². The lowest BCUT2D eigenvalue weighted by Crippen LogP contribution is -2.30. The first-order valence-electron chi connectivity index (χ1n) is 6.33. The average Bonchev–Trinajstić information content (AvgIpc) is 2.85. The van der Waals surface area contributed by atoms with Crippen LogP contribution in [-0.4, -0.2) is 49.3 Å². The lowest BCUT2D eigenvalue weighted by molar-refractivity contribution is -0.127. The third-order valence-corrected chi connectivity index (χ3v) is 5.04. The number of amides is 1. The predicted molar refractivity (Wildman–Crippen MR) is 84.8 cm³/mol. The molecule has 0 aliphatic carbocycles. The van der Waals surface area contributed by atoms with E-state index in [2.05, 4.69) is 6.26 Å². The summed E-state index contributed by atoms with van der Waals surface area (Å²) in [4.78, 5) is 14.0. The van der Waals surface area contributed by atoms with Crippen molar-refractivity contribution >= 4 is 29.4 Å². The van der Waals surface area contributed by atoms with Crippen molar-refractivity contribution in [3.8, 4) is 11.5 Å². The van der Waals surface area contributed by atoms with Gasteiger partial charge in [-0.05, 0) is 18.4 Å². The molecule has 1 unspecified atom stereocenters. The van der Waals surface area contributed by atoms with Crippen molar-refractivity contribution < 1.29 is 14.3 Å². The molecule has 1 atom stereocenters. The number of rotatable bonds is 6. The van der Waals surface area contributed by atoms with Crippen LogP contribution >= 0.6 is 23.5 Å². The maximum absolute atomic E-state index is 12.0. The molecule has 1 heterocycles. The summed E-state index contributed by atoms with van der Waals surface area (Å²) in [6, 6.07) is 5.76. The zero-order valence-corrected chi connectivity index (χ0v) is 13.6. The molecular weight excluding hydrogens is 294 g/mol. The molecule has 6 heteroatoms. The number of benzene rings is 1. The third-order valence-electron chi connectivity index (χ3n) is 3.21. The SMILES string of the molecule is COc1ccc(C2SCC(=O)N2CCSC)c(OC)c1. The van der Waals surface area contributed by atoms with E-state index in [4.69, 9.17) is 9.47 Å². The second-order valence-corrected chi connectivity index (χ2v) is 6.41. The highest BCUT2D eigenvalue weighted by Gasteiger charge is 2.34. The first kappa shape index (κ1) is 15.4. The number of nitrogens with zero attached hydrogens (tertiary/aromatic N) is 1. The van der Waals surface area contributed by atoms with Crippen molar-refractivity contribution in [1.82, 2.24) is 4.90 Å². The fraction of sp³-hybridized carbons (Fsp3) is 0.500. The van der Waals surface area contributed by atoms with E-state index in [0.29, 0.717) is 5.75 Å².